The topological polar surface area (TPSA) is 73.1 Å². The molecule has 0 aliphatic heterocycles. The van der Waals surface area contributed by atoms with E-state index in [1.165, 1.54) is 19.1 Å². The van der Waals surface area contributed by atoms with Crippen LogP contribution in [0.3, 0.4) is 0 Å². The van der Waals surface area contributed by atoms with Crippen LogP contribution in [0.25, 0.3) is 10.4 Å². The molecule has 19 heavy (non-hydrogen) atoms. The summed E-state index contributed by atoms with van der Waals surface area (Å²) in [5.74, 6) is -1.53. The van der Waals surface area contributed by atoms with E-state index in [1.807, 2.05) is 0 Å². The van der Waals surface area contributed by atoms with Gasteiger partial charge in [-0.15, -0.1) is 11.3 Å². The highest BCUT2D eigenvalue weighted by molar-refractivity contribution is 7.17. The molecular formula is C13H11FN2O2S. The van der Waals surface area contributed by atoms with Gasteiger partial charge in [-0.25, -0.2) is 9.37 Å². The van der Waals surface area contributed by atoms with E-state index in [2.05, 4.69) is 4.98 Å². The van der Waals surface area contributed by atoms with Crippen LogP contribution in [0.1, 0.15) is 32.8 Å². The minimum atomic E-state index is -0.611. The number of Topliss-reactive ketones (excluding diaryl/α,β-unsaturated/α-hetero) is 1. The zero-order valence-corrected chi connectivity index (χ0v) is 11.2. The molecule has 0 bridgehead atoms. The van der Waals surface area contributed by atoms with Crippen LogP contribution in [0, 0.1) is 12.7 Å². The van der Waals surface area contributed by atoms with E-state index in [9.17, 15) is 14.0 Å². The van der Waals surface area contributed by atoms with Crippen molar-refractivity contribution in [2.45, 2.75) is 13.8 Å². The number of carbonyl (C=O) groups excluding carboxylic acids is 2. The van der Waals surface area contributed by atoms with Gasteiger partial charge in [0.2, 0.25) is 0 Å². The molecule has 0 atom stereocenters. The number of amides is 1. The monoisotopic (exact) mass is 278 g/mol. The number of carbonyl (C=O) groups is 2. The molecule has 0 aliphatic carbocycles. The standard InChI is InChI=1S/C13H11FN2O2S/c1-6-11(19-13(16-6)12(15)18)8-3-4-9(7(2)17)10(14)5-8/h3-5H,1-2H3,(H2,15,18). The van der Waals surface area contributed by atoms with Crippen molar-refractivity contribution in [3.05, 3.63) is 40.3 Å². The summed E-state index contributed by atoms with van der Waals surface area (Å²) in [4.78, 5) is 26.9. The highest BCUT2D eigenvalue weighted by Crippen LogP contribution is 2.31. The van der Waals surface area contributed by atoms with E-state index in [0.29, 0.717) is 16.1 Å². The first-order valence-electron chi connectivity index (χ1n) is 5.48. The Hall–Kier alpha value is -2.08. The van der Waals surface area contributed by atoms with Crippen molar-refractivity contribution in [1.82, 2.24) is 4.98 Å². The van der Waals surface area contributed by atoms with E-state index in [-0.39, 0.29) is 16.4 Å². The van der Waals surface area contributed by atoms with Gasteiger partial charge in [0.1, 0.15) is 5.82 Å². The lowest BCUT2D eigenvalue weighted by atomic mass is 10.1. The van der Waals surface area contributed by atoms with E-state index in [4.69, 9.17) is 5.73 Å². The van der Waals surface area contributed by atoms with Gasteiger partial charge in [0.25, 0.3) is 5.91 Å². The van der Waals surface area contributed by atoms with Crippen LogP contribution in [0.5, 0.6) is 0 Å². The zero-order valence-electron chi connectivity index (χ0n) is 10.4. The number of ketones is 1. The Morgan fingerprint density at radius 1 is 1.37 bits per heavy atom. The second-order valence-electron chi connectivity index (χ2n) is 4.05. The quantitative estimate of drug-likeness (QED) is 0.877. The van der Waals surface area contributed by atoms with Crippen LogP contribution in [0.15, 0.2) is 18.2 Å². The van der Waals surface area contributed by atoms with E-state index >= 15 is 0 Å². The number of benzene rings is 1. The van der Waals surface area contributed by atoms with Gasteiger partial charge >= 0.3 is 0 Å². The maximum Gasteiger partial charge on any atom is 0.277 e. The SMILES string of the molecule is CC(=O)c1ccc(-c2sc(C(N)=O)nc2C)cc1F. The average Bonchev–Trinajstić information content (AvgIpc) is 2.71. The van der Waals surface area contributed by atoms with Gasteiger partial charge in [-0.05, 0) is 31.5 Å². The van der Waals surface area contributed by atoms with Gasteiger partial charge in [-0.3, -0.25) is 9.59 Å². The van der Waals surface area contributed by atoms with Crippen molar-refractivity contribution in [2.24, 2.45) is 5.73 Å². The normalized spacial score (nSPS) is 10.5. The second kappa shape index (κ2) is 4.89. The molecule has 0 spiro atoms. The van der Waals surface area contributed by atoms with Crippen molar-refractivity contribution in [2.75, 3.05) is 0 Å². The molecule has 0 aliphatic rings. The molecule has 0 fully saturated rings. The summed E-state index contributed by atoms with van der Waals surface area (Å²) in [6.07, 6.45) is 0. The zero-order chi connectivity index (χ0) is 14.2. The highest BCUT2D eigenvalue weighted by atomic mass is 32.1. The van der Waals surface area contributed by atoms with Crippen molar-refractivity contribution in [3.8, 4) is 10.4 Å². The maximum atomic E-state index is 13.8. The average molecular weight is 278 g/mol. The number of hydrogen-bond donors (Lipinski definition) is 1. The number of hydrogen-bond acceptors (Lipinski definition) is 4. The molecule has 6 heteroatoms. The maximum absolute atomic E-state index is 13.8. The Kier molecular flexibility index (Phi) is 3.44. The third kappa shape index (κ3) is 2.53. The van der Waals surface area contributed by atoms with Crippen molar-refractivity contribution in [3.63, 3.8) is 0 Å². The molecule has 0 saturated carbocycles. The van der Waals surface area contributed by atoms with Gasteiger partial charge in [0.15, 0.2) is 10.8 Å². The molecule has 1 amide bonds. The fourth-order valence-corrected chi connectivity index (χ4v) is 2.63. The van der Waals surface area contributed by atoms with E-state index in [1.54, 1.807) is 13.0 Å². The first kappa shape index (κ1) is 13.4. The molecule has 1 aromatic carbocycles. The van der Waals surface area contributed by atoms with Crippen LogP contribution in [-0.4, -0.2) is 16.7 Å². The van der Waals surface area contributed by atoms with Crippen LogP contribution < -0.4 is 5.73 Å². The summed E-state index contributed by atoms with van der Waals surface area (Å²) >= 11 is 1.11. The lowest BCUT2D eigenvalue weighted by Crippen LogP contribution is -2.10. The van der Waals surface area contributed by atoms with Crippen LogP contribution in [0.4, 0.5) is 4.39 Å². The Morgan fingerprint density at radius 3 is 2.53 bits per heavy atom. The lowest BCUT2D eigenvalue weighted by molar-refractivity contribution is 0.0995. The minimum absolute atomic E-state index is 0.0426. The van der Waals surface area contributed by atoms with Gasteiger partial charge < -0.3 is 5.73 Å². The smallest absolute Gasteiger partial charge is 0.277 e. The van der Waals surface area contributed by atoms with E-state index in [0.717, 1.165) is 11.3 Å². The number of thiazole rings is 1. The summed E-state index contributed by atoms with van der Waals surface area (Å²) < 4.78 is 13.8. The fourth-order valence-electron chi connectivity index (χ4n) is 1.71. The number of halogens is 1. The largest absolute Gasteiger partial charge is 0.364 e. The Morgan fingerprint density at radius 2 is 2.05 bits per heavy atom. The third-order valence-corrected chi connectivity index (χ3v) is 3.84. The minimum Gasteiger partial charge on any atom is -0.364 e. The summed E-state index contributed by atoms with van der Waals surface area (Å²) in [6.45, 7) is 3.02. The van der Waals surface area contributed by atoms with Gasteiger partial charge in [-0.1, -0.05) is 6.07 Å². The van der Waals surface area contributed by atoms with Crippen LogP contribution >= 0.6 is 11.3 Å². The summed E-state index contributed by atoms with van der Waals surface area (Å²) in [5.41, 5.74) is 6.38. The molecule has 98 valence electrons. The Bertz CT molecular complexity index is 679. The molecule has 2 aromatic rings. The summed E-state index contributed by atoms with van der Waals surface area (Å²) in [6, 6.07) is 4.32. The van der Waals surface area contributed by atoms with Crippen molar-refractivity contribution in [1.29, 1.82) is 0 Å². The Balaban J connectivity index is 2.51. The number of nitrogens with zero attached hydrogens (tertiary/aromatic N) is 1. The summed E-state index contributed by atoms with van der Waals surface area (Å²) in [5, 5.41) is 0.184. The molecule has 1 aromatic heterocycles. The predicted octanol–water partition coefficient (Wildman–Crippen LogP) is 2.56. The molecule has 0 unspecified atom stereocenters. The predicted molar refractivity (Wildman–Crippen MR) is 70.8 cm³/mol. The molecule has 1 heterocycles. The number of rotatable bonds is 3. The molecular weight excluding hydrogens is 267 g/mol. The molecule has 2 N–H and O–H groups in total. The number of aromatic nitrogens is 1. The molecule has 0 radical (unpaired) electrons. The van der Waals surface area contributed by atoms with Gasteiger partial charge in [0.05, 0.1) is 16.1 Å². The molecule has 4 nitrogen and oxygen atoms in total. The first-order valence-corrected chi connectivity index (χ1v) is 6.30. The van der Waals surface area contributed by atoms with Crippen molar-refractivity contribution >= 4 is 23.0 Å². The molecule has 2 rings (SSSR count). The number of primary amides is 1. The van der Waals surface area contributed by atoms with Gasteiger partial charge in [-0.2, -0.15) is 0 Å². The number of aryl methyl sites for hydroxylation is 1. The third-order valence-electron chi connectivity index (χ3n) is 2.62. The van der Waals surface area contributed by atoms with Gasteiger partial charge in [0, 0.05) is 0 Å². The number of nitrogens with two attached hydrogens (primary N) is 1. The first-order chi connectivity index (χ1) is 8.90. The second-order valence-corrected chi connectivity index (χ2v) is 5.05. The van der Waals surface area contributed by atoms with Crippen LogP contribution in [0.2, 0.25) is 0 Å². The Labute approximate surface area is 113 Å². The van der Waals surface area contributed by atoms with Crippen molar-refractivity contribution < 1.29 is 14.0 Å². The molecule has 0 saturated heterocycles. The van der Waals surface area contributed by atoms with Crippen LogP contribution in [-0.2, 0) is 0 Å². The fraction of sp³-hybridized carbons (Fsp3) is 0.154. The van der Waals surface area contributed by atoms with E-state index < -0.39 is 11.7 Å². The highest BCUT2D eigenvalue weighted by Gasteiger charge is 2.15. The summed E-state index contributed by atoms with van der Waals surface area (Å²) in [7, 11) is 0. The lowest BCUT2D eigenvalue weighted by Gasteiger charge is -2.02.